The molecule has 2 fully saturated rings. The van der Waals surface area contributed by atoms with Crippen LogP contribution in [0.3, 0.4) is 0 Å². The van der Waals surface area contributed by atoms with Crippen LogP contribution in [0.2, 0.25) is 0 Å². The zero-order valence-corrected chi connectivity index (χ0v) is 11.2. The second-order valence-corrected chi connectivity index (χ2v) is 4.70. The number of methoxy groups -OCH3 is 1. The zero-order valence-electron chi connectivity index (χ0n) is 11.2. The highest BCUT2D eigenvalue weighted by atomic mass is 16.7. The van der Waals surface area contributed by atoms with Crippen LogP contribution in [0.25, 0.3) is 0 Å². The number of fused-ring (bicyclic) bond motifs is 1. The molecular weight excluding hydrogens is 252 g/mol. The highest BCUT2D eigenvalue weighted by Crippen LogP contribution is 2.39. The fraction of sp³-hybridized carbons (Fsp3) is 0.769. The second kappa shape index (κ2) is 6.00. The first-order chi connectivity index (χ1) is 9.08. The summed E-state index contributed by atoms with van der Waals surface area (Å²) in [4.78, 5) is 11.4. The predicted molar refractivity (Wildman–Crippen MR) is 65.3 cm³/mol. The van der Waals surface area contributed by atoms with E-state index in [1.54, 1.807) is 6.92 Å². The summed E-state index contributed by atoms with van der Waals surface area (Å²) in [6, 6.07) is 0. The lowest BCUT2D eigenvalue weighted by Crippen LogP contribution is -2.45. The van der Waals surface area contributed by atoms with Crippen molar-refractivity contribution in [1.82, 2.24) is 0 Å². The number of aliphatic hydroxyl groups excluding tert-OH is 1. The van der Waals surface area contributed by atoms with Crippen molar-refractivity contribution in [3.8, 4) is 0 Å². The summed E-state index contributed by atoms with van der Waals surface area (Å²) in [5.74, 6) is -0.406. The molecule has 108 valence electrons. The van der Waals surface area contributed by atoms with Gasteiger partial charge in [-0.3, -0.25) is 0 Å². The largest absolute Gasteiger partial charge is 0.463 e. The van der Waals surface area contributed by atoms with Crippen molar-refractivity contribution in [3.63, 3.8) is 0 Å². The van der Waals surface area contributed by atoms with E-state index in [0.717, 1.165) is 0 Å². The number of ether oxygens (including phenoxy) is 4. The molecule has 19 heavy (non-hydrogen) atoms. The Morgan fingerprint density at radius 2 is 2.11 bits per heavy atom. The van der Waals surface area contributed by atoms with Crippen LogP contribution in [-0.2, 0) is 23.7 Å². The molecule has 0 aromatic heterocycles. The van der Waals surface area contributed by atoms with Crippen LogP contribution in [0.15, 0.2) is 12.2 Å². The minimum atomic E-state index is -0.689. The summed E-state index contributed by atoms with van der Waals surface area (Å²) < 4.78 is 20.9. The summed E-state index contributed by atoms with van der Waals surface area (Å²) in [6.45, 7) is 5.74. The summed E-state index contributed by atoms with van der Waals surface area (Å²) in [5, 5.41) is 10.00. The SMILES string of the molecule is C=C(CC[C@H]1O[C@H](OC)[C@@H]2O[C@@H]2[C@@H]1O)C(=O)OCC. The lowest BCUT2D eigenvalue weighted by molar-refractivity contribution is -0.200. The van der Waals surface area contributed by atoms with Gasteiger partial charge in [0.25, 0.3) is 0 Å². The first-order valence-electron chi connectivity index (χ1n) is 6.45. The number of epoxide rings is 1. The van der Waals surface area contributed by atoms with Crippen LogP contribution >= 0.6 is 0 Å². The molecule has 0 radical (unpaired) electrons. The van der Waals surface area contributed by atoms with Gasteiger partial charge in [-0.2, -0.15) is 0 Å². The van der Waals surface area contributed by atoms with E-state index < -0.39 is 24.5 Å². The Balaban J connectivity index is 1.81. The van der Waals surface area contributed by atoms with Crippen molar-refractivity contribution in [2.24, 2.45) is 0 Å². The van der Waals surface area contributed by atoms with E-state index >= 15 is 0 Å². The van der Waals surface area contributed by atoms with E-state index in [1.807, 2.05) is 0 Å². The number of rotatable bonds is 6. The molecule has 5 atom stereocenters. The maximum Gasteiger partial charge on any atom is 0.333 e. The molecular formula is C13H20O6. The number of carbonyl (C=O) groups excluding carboxylic acids is 1. The zero-order chi connectivity index (χ0) is 14.0. The topological polar surface area (TPSA) is 77.5 Å². The molecule has 0 saturated carbocycles. The normalized spacial score (nSPS) is 36.5. The molecule has 0 spiro atoms. The molecule has 1 N–H and O–H groups in total. The van der Waals surface area contributed by atoms with Crippen molar-refractivity contribution in [2.75, 3.05) is 13.7 Å². The number of aliphatic hydroxyl groups is 1. The Kier molecular flexibility index (Phi) is 4.57. The van der Waals surface area contributed by atoms with Crippen molar-refractivity contribution in [3.05, 3.63) is 12.2 Å². The lowest BCUT2D eigenvalue weighted by Gasteiger charge is -2.30. The van der Waals surface area contributed by atoms with Crippen molar-refractivity contribution >= 4 is 5.97 Å². The van der Waals surface area contributed by atoms with Crippen LogP contribution in [0, 0.1) is 0 Å². The smallest absolute Gasteiger partial charge is 0.333 e. The Labute approximate surface area is 112 Å². The van der Waals surface area contributed by atoms with Gasteiger partial charge in [-0.25, -0.2) is 4.79 Å². The molecule has 2 heterocycles. The van der Waals surface area contributed by atoms with E-state index in [0.29, 0.717) is 25.0 Å². The van der Waals surface area contributed by atoms with Gasteiger partial charge in [0, 0.05) is 12.7 Å². The van der Waals surface area contributed by atoms with Gasteiger partial charge in [0.15, 0.2) is 6.29 Å². The third-order valence-electron chi connectivity index (χ3n) is 3.38. The molecule has 0 amide bonds. The van der Waals surface area contributed by atoms with Gasteiger partial charge in [-0.15, -0.1) is 0 Å². The fourth-order valence-corrected chi connectivity index (χ4v) is 2.25. The summed E-state index contributed by atoms with van der Waals surface area (Å²) in [5.41, 5.74) is 0.380. The van der Waals surface area contributed by atoms with Gasteiger partial charge in [0.2, 0.25) is 0 Å². The van der Waals surface area contributed by atoms with Gasteiger partial charge in [0.1, 0.15) is 18.3 Å². The molecule has 2 aliphatic rings. The van der Waals surface area contributed by atoms with E-state index in [2.05, 4.69) is 6.58 Å². The quantitative estimate of drug-likeness (QED) is 0.428. The van der Waals surface area contributed by atoms with Gasteiger partial charge in [0.05, 0.1) is 12.7 Å². The molecule has 0 unspecified atom stereocenters. The molecule has 2 saturated heterocycles. The van der Waals surface area contributed by atoms with E-state index in [-0.39, 0.29) is 12.2 Å². The van der Waals surface area contributed by atoms with E-state index in [4.69, 9.17) is 18.9 Å². The standard InChI is InChI=1S/C13H20O6/c1-4-17-12(15)7(2)5-6-8-9(14)10-11(19-10)13(16-3)18-8/h8-11,13-14H,2,4-6H2,1,3H3/t8-,9-,10-,11-,13+/m1/s1. The minimum absolute atomic E-state index is 0.176. The van der Waals surface area contributed by atoms with Crippen LogP contribution in [0.5, 0.6) is 0 Å². The first kappa shape index (κ1) is 14.5. The third kappa shape index (κ3) is 3.14. The molecule has 6 heteroatoms. The molecule has 2 aliphatic heterocycles. The molecule has 0 bridgehead atoms. The van der Waals surface area contributed by atoms with Crippen LogP contribution < -0.4 is 0 Å². The Morgan fingerprint density at radius 3 is 2.74 bits per heavy atom. The number of esters is 1. The summed E-state index contributed by atoms with van der Waals surface area (Å²) in [7, 11) is 1.54. The van der Waals surface area contributed by atoms with Gasteiger partial charge >= 0.3 is 5.97 Å². The first-order valence-corrected chi connectivity index (χ1v) is 6.45. The maximum atomic E-state index is 11.4. The number of carbonyl (C=O) groups is 1. The fourth-order valence-electron chi connectivity index (χ4n) is 2.25. The highest BCUT2D eigenvalue weighted by molar-refractivity contribution is 5.87. The molecule has 0 aromatic carbocycles. The number of hydrogen-bond acceptors (Lipinski definition) is 6. The lowest BCUT2D eigenvalue weighted by atomic mass is 9.98. The van der Waals surface area contributed by atoms with Gasteiger partial charge in [-0.05, 0) is 19.8 Å². The minimum Gasteiger partial charge on any atom is -0.463 e. The Hall–Kier alpha value is -0.950. The van der Waals surface area contributed by atoms with Crippen LogP contribution in [0.4, 0.5) is 0 Å². The van der Waals surface area contributed by atoms with Gasteiger partial charge < -0.3 is 24.1 Å². The molecule has 0 aliphatic carbocycles. The van der Waals surface area contributed by atoms with Crippen molar-refractivity contribution in [1.29, 1.82) is 0 Å². The van der Waals surface area contributed by atoms with E-state index in [1.165, 1.54) is 7.11 Å². The molecule has 2 rings (SSSR count). The maximum absolute atomic E-state index is 11.4. The molecule has 6 nitrogen and oxygen atoms in total. The van der Waals surface area contributed by atoms with Crippen molar-refractivity contribution in [2.45, 2.75) is 50.5 Å². The summed E-state index contributed by atoms with van der Waals surface area (Å²) >= 11 is 0. The number of hydrogen-bond donors (Lipinski definition) is 1. The van der Waals surface area contributed by atoms with Crippen LogP contribution in [0.1, 0.15) is 19.8 Å². The Morgan fingerprint density at radius 1 is 1.37 bits per heavy atom. The third-order valence-corrected chi connectivity index (χ3v) is 3.38. The summed E-state index contributed by atoms with van der Waals surface area (Å²) in [6.07, 6.45) is -1.07. The van der Waals surface area contributed by atoms with E-state index in [9.17, 15) is 9.90 Å². The van der Waals surface area contributed by atoms with Gasteiger partial charge in [-0.1, -0.05) is 6.58 Å². The average molecular weight is 272 g/mol. The predicted octanol–water partition coefficient (Wildman–Crippen LogP) is 0.385. The second-order valence-electron chi connectivity index (χ2n) is 4.70. The highest BCUT2D eigenvalue weighted by Gasteiger charge is 2.57. The monoisotopic (exact) mass is 272 g/mol. The van der Waals surface area contributed by atoms with Crippen molar-refractivity contribution < 1.29 is 28.8 Å². The van der Waals surface area contributed by atoms with Crippen LogP contribution in [-0.4, -0.2) is 55.5 Å². The molecule has 0 aromatic rings. The average Bonchev–Trinajstić information content (AvgIpc) is 3.18. The Bertz CT molecular complexity index is 355.